The van der Waals surface area contributed by atoms with Crippen molar-refractivity contribution in [1.29, 1.82) is 0 Å². The molecular formula is C27H22F2N4O4. The molecule has 1 saturated heterocycles. The Hall–Kier alpha value is -4.47. The molecule has 6 rings (SSSR count). The van der Waals surface area contributed by atoms with Crippen LogP contribution in [0.4, 0.5) is 8.78 Å². The highest BCUT2D eigenvalue weighted by Crippen LogP contribution is 2.35. The first-order valence-corrected chi connectivity index (χ1v) is 11.9. The summed E-state index contributed by atoms with van der Waals surface area (Å²) < 4.78 is 34.3. The van der Waals surface area contributed by atoms with Gasteiger partial charge >= 0.3 is 0 Å². The summed E-state index contributed by atoms with van der Waals surface area (Å²) in [4.78, 5) is 44.6. The van der Waals surface area contributed by atoms with Crippen LogP contribution in [0.1, 0.15) is 36.8 Å². The molecule has 3 amide bonds. The largest absolute Gasteiger partial charge is 0.459 e. The summed E-state index contributed by atoms with van der Waals surface area (Å²) in [5, 5.41) is 3.40. The van der Waals surface area contributed by atoms with Crippen molar-refractivity contribution in [3.63, 3.8) is 0 Å². The summed E-state index contributed by atoms with van der Waals surface area (Å²) in [7, 11) is 0. The standard InChI is InChI=1S/C27H22F2N4O4/c28-16-13-19-23-17(5-6-30-25(19)34)24(31-21(23)14-16)15-3-4-20(29)18(12-15)26(35)32-7-9-33(10-8-32)27(36)22-2-1-11-37-22/h1-4,11-14,31H,5-10H2,(H,30,34). The Labute approximate surface area is 209 Å². The number of H-pyrrole nitrogens is 1. The summed E-state index contributed by atoms with van der Waals surface area (Å²) >= 11 is 0. The number of carbonyl (C=O) groups excluding carboxylic acids is 3. The number of furan rings is 1. The summed E-state index contributed by atoms with van der Waals surface area (Å²) in [5.74, 6) is -2.05. The van der Waals surface area contributed by atoms with Crippen LogP contribution in [0.15, 0.2) is 53.1 Å². The topological polar surface area (TPSA) is 98.7 Å². The number of hydrogen-bond donors (Lipinski definition) is 2. The predicted molar refractivity (Wildman–Crippen MR) is 130 cm³/mol. The van der Waals surface area contributed by atoms with Gasteiger partial charge in [-0.25, -0.2) is 8.78 Å². The fraction of sp³-hybridized carbons (Fsp3) is 0.222. The lowest BCUT2D eigenvalue weighted by atomic mass is 9.98. The molecule has 2 aromatic heterocycles. The minimum Gasteiger partial charge on any atom is -0.459 e. The van der Waals surface area contributed by atoms with Gasteiger partial charge in [0.25, 0.3) is 17.7 Å². The number of rotatable bonds is 3. The average Bonchev–Trinajstić information content (AvgIpc) is 3.53. The molecule has 2 N–H and O–H groups in total. The number of nitrogens with one attached hydrogen (secondary N) is 2. The van der Waals surface area contributed by atoms with Crippen LogP contribution in [0, 0.1) is 11.6 Å². The van der Waals surface area contributed by atoms with Crippen LogP contribution in [0.25, 0.3) is 22.2 Å². The Morgan fingerprint density at radius 1 is 0.946 bits per heavy atom. The molecule has 37 heavy (non-hydrogen) atoms. The van der Waals surface area contributed by atoms with Crippen LogP contribution in [0.3, 0.4) is 0 Å². The van der Waals surface area contributed by atoms with Crippen LogP contribution in [0.5, 0.6) is 0 Å². The van der Waals surface area contributed by atoms with Crippen LogP contribution in [-0.2, 0) is 6.42 Å². The molecule has 0 saturated carbocycles. The van der Waals surface area contributed by atoms with Crippen molar-refractivity contribution in [3.8, 4) is 11.3 Å². The van der Waals surface area contributed by atoms with Gasteiger partial charge in [-0.15, -0.1) is 0 Å². The third-order valence-corrected chi connectivity index (χ3v) is 6.94. The van der Waals surface area contributed by atoms with Crippen molar-refractivity contribution >= 4 is 28.6 Å². The Morgan fingerprint density at radius 3 is 2.43 bits per heavy atom. The second-order valence-corrected chi connectivity index (χ2v) is 9.12. The maximum atomic E-state index is 14.9. The first kappa shape index (κ1) is 23.0. The van der Waals surface area contributed by atoms with E-state index in [9.17, 15) is 23.2 Å². The van der Waals surface area contributed by atoms with E-state index in [4.69, 9.17) is 4.42 Å². The monoisotopic (exact) mass is 504 g/mol. The third-order valence-electron chi connectivity index (χ3n) is 6.94. The van der Waals surface area contributed by atoms with Gasteiger partial charge in [0.05, 0.1) is 17.4 Å². The van der Waals surface area contributed by atoms with Crippen molar-refractivity contribution in [2.75, 3.05) is 32.7 Å². The molecular weight excluding hydrogens is 482 g/mol. The molecule has 0 bridgehead atoms. The van der Waals surface area contributed by atoms with Crippen LogP contribution < -0.4 is 5.32 Å². The molecule has 1 fully saturated rings. The summed E-state index contributed by atoms with van der Waals surface area (Å²) in [6.45, 7) is 1.47. The molecule has 0 spiro atoms. The Morgan fingerprint density at radius 2 is 1.70 bits per heavy atom. The van der Waals surface area contributed by atoms with Gasteiger partial charge in [-0.3, -0.25) is 14.4 Å². The summed E-state index contributed by atoms with van der Waals surface area (Å²) in [5.41, 5.74) is 2.59. The van der Waals surface area contributed by atoms with Crippen LogP contribution in [0.2, 0.25) is 0 Å². The quantitative estimate of drug-likeness (QED) is 0.446. The number of aromatic amines is 1. The summed E-state index contributed by atoms with van der Waals surface area (Å²) in [6, 6.07) is 10.0. The fourth-order valence-electron chi connectivity index (χ4n) is 5.12. The van der Waals surface area contributed by atoms with Gasteiger partial charge in [-0.2, -0.15) is 0 Å². The van der Waals surface area contributed by atoms with Crippen LogP contribution in [-0.4, -0.2) is 65.2 Å². The fourth-order valence-corrected chi connectivity index (χ4v) is 5.12. The number of carbonyl (C=O) groups is 3. The highest BCUT2D eigenvalue weighted by atomic mass is 19.1. The Kier molecular flexibility index (Phi) is 5.51. The van der Waals surface area contributed by atoms with Gasteiger partial charge in [-0.05, 0) is 60.0 Å². The third kappa shape index (κ3) is 3.94. The normalized spacial score (nSPS) is 15.6. The van der Waals surface area contributed by atoms with Gasteiger partial charge in [0.15, 0.2) is 5.76 Å². The van der Waals surface area contributed by atoms with E-state index in [0.717, 1.165) is 5.56 Å². The molecule has 0 unspecified atom stereocenters. The van der Waals surface area contributed by atoms with E-state index in [2.05, 4.69) is 10.3 Å². The lowest BCUT2D eigenvalue weighted by molar-refractivity contribution is 0.0515. The molecule has 4 aromatic rings. The smallest absolute Gasteiger partial charge is 0.289 e. The second kappa shape index (κ2) is 8.88. The average molecular weight is 504 g/mol. The molecule has 0 radical (unpaired) electrons. The van der Waals surface area contributed by atoms with E-state index in [1.54, 1.807) is 23.1 Å². The molecule has 2 aromatic carbocycles. The number of nitrogens with zero attached hydrogens (tertiary/aromatic N) is 2. The van der Waals surface area contributed by atoms with Crippen molar-refractivity contribution < 1.29 is 27.6 Å². The number of benzene rings is 2. The Bertz CT molecular complexity index is 1550. The SMILES string of the molecule is O=C1NCCc2c(-c3ccc(F)c(C(=O)N4CCN(C(=O)c5ccco5)CC4)c3)[nH]c3cc(F)cc1c23. The number of piperazine rings is 1. The van der Waals surface area contributed by atoms with E-state index in [0.29, 0.717) is 48.2 Å². The minimum absolute atomic E-state index is 0.0941. The first-order valence-electron chi connectivity index (χ1n) is 11.9. The molecule has 4 heterocycles. The maximum absolute atomic E-state index is 14.9. The molecule has 188 valence electrons. The maximum Gasteiger partial charge on any atom is 0.289 e. The molecule has 0 aliphatic carbocycles. The van der Waals surface area contributed by atoms with E-state index in [1.807, 2.05) is 0 Å². The molecule has 10 heteroatoms. The van der Waals surface area contributed by atoms with Gasteiger partial charge in [-0.1, -0.05) is 0 Å². The van der Waals surface area contributed by atoms with Gasteiger partial charge < -0.3 is 24.5 Å². The van der Waals surface area contributed by atoms with Crippen molar-refractivity contribution in [2.45, 2.75) is 6.42 Å². The molecule has 0 atom stereocenters. The van der Waals surface area contributed by atoms with Gasteiger partial charge in [0, 0.05) is 49.3 Å². The minimum atomic E-state index is -0.659. The van der Waals surface area contributed by atoms with E-state index >= 15 is 0 Å². The molecule has 2 aliphatic heterocycles. The second-order valence-electron chi connectivity index (χ2n) is 9.12. The van der Waals surface area contributed by atoms with Gasteiger partial charge in [0.1, 0.15) is 11.6 Å². The van der Waals surface area contributed by atoms with Crippen molar-refractivity contribution in [3.05, 3.63) is 82.8 Å². The summed E-state index contributed by atoms with van der Waals surface area (Å²) in [6.07, 6.45) is 1.92. The zero-order valence-electron chi connectivity index (χ0n) is 19.6. The zero-order chi connectivity index (χ0) is 25.7. The predicted octanol–water partition coefficient (Wildman–Crippen LogP) is 3.59. The van der Waals surface area contributed by atoms with Crippen molar-refractivity contribution in [2.24, 2.45) is 0 Å². The number of amides is 3. The van der Waals surface area contributed by atoms with Crippen LogP contribution >= 0.6 is 0 Å². The number of hydrogen-bond acceptors (Lipinski definition) is 4. The first-order chi connectivity index (χ1) is 17.9. The number of halogens is 2. The van der Waals surface area contributed by atoms with E-state index < -0.39 is 17.5 Å². The van der Waals surface area contributed by atoms with Gasteiger partial charge in [0.2, 0.25) is 0 Å². The lowest BCUT2D eigenvalue weighted by Crippen LogP contribution is -2.50. The lowest BCUT2D eigenvalue weighted by Gasteiger charge is -2.34. The van der Waals surface area contributed by atoms with Crippen molar-refractivity contribution in [1.82, 2.24) is 20.1 Å². The van der Waals surface area contributed by atoms with E-state index in [-0.39, 0.29) is 41.8 Å². The molecule has 2 aliphatic rings. The zero-order valence-corrected chi connectivity index (χ0v) is 19.6. The number of aromatic nitrogens is 1. The Balaban J connectivity index is 1.29. The highest BCUT2D eigenvalue weighted by Gasteiger charge is 2.29. The van der Waals surface area contributed by atoms with E-state index in [1.165, 1.54) is 35.4 Å². The highest BCUT2D eigenvalue weighted by molar-refractivity contribution is 6.10. The molecule has 8 nitrogen and oxygen atoms in total.